The molecule has 0 saturated carbocycles. The Morgan fingerprint density at radius 1 is 1.13 bits per heavy atom. The summed E-state index contributed by atoms with van der Waals surface area (Å²) < 4.78 is 16.9. The average molecular weight is 433 g/mol. The number of aromatic nitrogens is 2. The van der Waals surface area contributed by atoms with Crippen LogP contribution in [0.3, 0.4) is 0 Å². The number of ether oxygens (including phenoxy) is 3. The summed E-state index contributed by atoms with van der Waals surface area (Å²) in [6, 6.07) is 4.91. The van der Waals surface area contributed by atoms with Gasteiger partial charge in [0.15, 0.2) is 11.5 Å². The van der Waals surface area contributed by atoms with Crippen LogP contribution in [0.5, 0.6) is 11.5 Å². The molecule has 8 heteroatoms. The quantitative estimate of drug-likeness (QED) is 0.351. The number of hydrogen-bond donors (Lipinski definition) is 0. The fourth-order valence-electron chi connectivity index (χ4n) is 2.62. The molecule has 1 heterocycles. The summed E-state index contributed by atoms with van der Waals surface area (Å²) in [6.07, 6.45) is 5.73. The zero-order valence-electron chi connectivity index (χ0n) is 17.6. The van der Waals surface area contributed by atoms with Crippen LogP contribution in [-0.4, -0.2) is 35.9 Å². The van der Waals surface area contributed by atoms with Gasteiger partial charge in [-0.15, -0.1) is 0 Å². The summed E-state index contributed by atoms with van der Waals surface area (Å²) in [6.45, 7) is 6.66. The maximum absolute atomic E-state index is 12.3. The smallest absolute Gasteiger partial charge is 0.336 e. The molecule has 2 rings (SSSR count). The van der Waals surface area contributed by atoms with Crippen molar-refractivity contribution in [3.8, 4) is 11.5 Å². The first-order valence-electron chi connectivity index (χ1n) is 9.32. The van der Waals surface area contributed by atoms with Crippen LogP contribution in [0.15, 0.2) is 30.4 Å². The van der Waals surface area contributed by atoms with E-state index in [9.17, 15) is 9.59 Å². The Morgan fingerprint density at radius 3 is 2.47 bits per heavy atom. The Morgan fingerprint density at radius 2 is 1.83 bits per heavy atom. The topological polar surface area (TPSA) is 79.7 Å². The normalized spacial score (nSPS) is 11.4. The lowest BCUT2D eigenvalue weighted by molar-refractivity contribution is -0.134. The van der Waals surface area contributed by atoms with Gasteiger partial charge in [-0.25, -0.2) is 9.59 Å². The van der Waals surface area contributed by atoms with E-state index in [2.05, 4.69) is 23.7 Å². The Balaban J connectivity index is 2.14. The third kappa shape index (κ3) is 6.22. The molecule has 1 aromatic heterocycles. The van der Waals surface area contributed by atoms with Gasteiger partial charge in [0, 0.05) is 24.3 Å². The van der Waals surface area contributed by atoms with Gasteiger partial charge < -0.3 is 14.2 Å². The first kappa shape index (κ1) is 23.2. The molecule has 0 amide bonds. The van der Waals surface area contributed by atoms with Crippen LogP contribution >= 0.6 is 11.6 Å². The van der Waals surface area contributed by atoms with E-state index in [1.54, 1.807) is 35.0 Å². The summed E-state index contributed by atoms with van der Waals surface area (Å²) in [5.41, 5.74) is 2.08. The number of halogens is 1. The highest BCUT2D eigenvalue weighted by atomic mass is 35.5. The lowest BCUT2D eigenvalue weighted by atomic mass is 10.2. The number of benzene rings is 1. The van der Waals surface area contributed by atoms with Gasteiger partial charge >= 0.3 is 11.9 Å². The number of carbonyl (C=O) groups is 2. The lowest BCUT2D eigenvalue weighted by Gasteiger charge is -2.08. The molecular formula is C22H25ClN2O5. The minimum Gasteiger partial charge on any atom is -0.493 e. The van der Waals surface area contributed by atoms with Crippen molar-refractivity contribution in [2.45, 2.75) is 27.3 Å². The molecule has 0 aliphatic carbocycles. The predicted octanol–water partition coefficient (Wildman–Crippen LogP) is 4.31. The molecule has 0 fully saturated rings. The van der Waals surface area contributed by atoms with Crippen LogP contribution in [0.25, 0.3) is 12.2 Å². The molecule has 0 N–H and O–H groups in total. The number of hydrogen-bond acceptors (Lipinski definition) is 6. The van der Waals surface area contributed by atoms with Crippen molar-refractivity contribution in [1.82, 2.24) is 9.78 Å². The number of nitrogens with zero attached hydrogens (tertiary/aromatic N) is 2. The van der Waals surface area contributed by atoms with Crippen molar-refractivity contribution in [3.05, 3.63) is 52.3 Å². The van der Waals surface area contributed by atoms with E-state index in [1.807, 2.05) is 6.92 Å². The second-order valence-corrected chi connectivity index (χ2v) is 7.25. The molecule has 30 heavy (non-hydrogen) atoms. The second kappa shape index (κ2) is 10.6. The van der Waals surface area contributed by atoms with Gasteiger partial charge in [-0.3, -0.25) is 4.68 Å². The van der Waals surface area contributed by atoms with Gasteiger partial charge in [0.25, 0.3) is 0 Å². The van der Waals surface area contributed by atoms with Gasteiger partial charge in [0.1, 0.15) is 5.15 Å². The summed E-state index contributed by atoms with van der Waals surface area (Å²) in [4.78, 5) is 23.5. The van der Waals surface area contributed by atoms with Crippen LogP contribution in [0.4, 0.5) is 0 Å². The van der Waals surface area contributed by atoms with Crippen molar-refractivity contribution in [1.29, 1.82) is 0 Å². The van der Waals surface area contributed by atoms with Gasteiger partial charge in [0.05, 0.1) is 19.9 Å². The number of esters is 2. The zero-order valence-corrected chi connectivity index (χ0v) is 18.4. The molecule has 0 aliphatic rings. The fraction of sp³-hybridized carbons (Fsp3) is 0.318. The maximum atomic E-state index is 12.3. The Kier molecular flexibility index (Phi) is 8.24. The molecule has 0 atom stereocenters. The molecule has 0 spiro atoms. The molecule has 0 unspecified atom stereocenters. The van der Waals surface area contributed by atoms with Crippen molar-refractivity contribution in [3.63, 3.8) is 0 Å². The molecule has 0 saturated heterocycles. The summed E-state index contributed by atoms with van der Waals surface area (Å²) in [5, 5.41) is 4.88. The molecule has 0 bridgehead atoms. The molecule has 7 nitrogen and oxygen atoms in total. The Hall–Kier alpha value is -3.06. The van der Waals surface area contributed by atoms with Crippen LogP contribution in [0, 0.1) is 12.8 Å². The highest BCUT2D eigenvalue weighted by Gasteiger charge is 2.13. The first-order chi connectivity index (χ1) is 14.2. The van der Waals surface area contributed by atoms with E-state index in [4.69, 9.17) is 21.1 Å². The van der Waals surface area contributed by atoms with Gasteiger partial charge in [0.2, 0.25) is 0 Å². The summed E-state index contributed by atoms with van der Waals surface area (Å²) in [7, 11) is 2.76. The number of aryl methyl sites for hydroxylation is 1. The third-order valence-corrected chi connectivity index (χ3v) is 4.44. The molecule has 0 aliphatic heterocycles. The van der Waals surface area contributed by atoms with Gasteiger partial charge in [-0.05, 0) is 42.7 Å². The van der Waals surface area contributed by atoms with E-state index in [1.165, 1.54) is 26.4 Å². The fourth-order valence-corrected chi connectivity index (χ4v) is 2.93. The number of rotatable bonds is 8. The highest BCUT2D eigenvalue weighted by molar-refractivity contribution is 6.31. The van der Waals surface area contributed by atoms with Crippen LogP contribution in [0.2, 0.25) is 5.15 Å². The third-order valence-electron chi connectivity index (χ3n) is 4.04. The Labute approximate surface area is 180 Å². The largest absolute Gasteiger partial charge is 0.493 e. The summed E-state index contributed by atoms with van der Waals surface area (Å²) >= 11 is 6.38. The second-order valence-electron chi connectivity index (χ2n) is 6.89. The first-order valence-corrected chi connectivity index (χ1v) is 9.69. The number of methoxy groups -OCH3 is 2. The molecule has 1 aromatic carbocycles. The van der Waals surface area contributed by atoms with Crippen molar-refractivity contribution >= 4 is 35.7 Å². The number of carbonyl (C=O) groups excluding carboxylic acids is 2. The average Bonchev–Trinajstić information content (AvgIpc) is 2.97. The SMILES string of the molecule is COC(=O)/C=C/c1ccc(OC(=O)/C=C/c2c(C)nn(CC(C)C)c2Cl)c(OC)c1. The summed E-state index contributed by atoms with van der Waals surface area (Å²) in [5.74, 6) is -0.0663. The standard InChI is InChI=1S/C22H25ClN2O5/c1-14(2)13-25-22(23)17(15(3)24-25)8-11-21(27)30-18-9-6-16(12-19(18)28-4)7-10-20(26)29-5/h6-12,14H,13H2,1-5H3/b10-7+,11-8+. The molecule has 160 valence electrons. The van der Waals surface area contributed by atoms with E-state index >= 15 is 0 Å². The van der Waals surface area contributed by atoms with Gasteiger partial charge in [-0.2, -0.15) is 5.10 Å². The van der Waals surface area contributed by atoms with Crippen molar-refractivity contribution < 1.29 is 23.8 Å². The molecule has 2 aromatic rings. The predicted molar refractivity (Wildman–Crippen MR) is 116 cm³/mol. The van der Waals surface area contributed by atoms with Crippen molar-refractivity contribution in [2.24, 2.45) is 5.92 Å². The van der Waals surface area contributed by atoms with Gasteiger partial charge in [-0.1, -0.05) is 31.5 Å². The van der Waals surface area contributed by atoms with Crippen molar-refractivity contribution in [2.75, 3.05) is 14.2 Å². The van der Waals surface area contributed by atoms with E-state index in [0.29, 0.717) is 34.5 Å². The minimum atomic E-state index is -0.585. The minimum absolute atomic E-state index is 0.251. The van der Waals surface area contributed by atoms with Crippen LogP contribution in [-0.2, 0) is 20.9 Å². The van der Waals surface area contributed by atoms with E-state index < -0.39 is 11.9 Å². The molecular weight excluding hydrogens is 408 g/mol. The highest BCUT2D eigenvalue weighted by Crippen LogP contribution is 2.29. The maximum Gasteiger partial charge on any atom is 0.336 e. The monoisotopic (exact) mass is 432 g/mol. The van der Waals surface area contributed by atoms with E-state index in [0.717, 1.165) is 5.69 Å². The Bertz CT molecular complexity index is 976. The van der Waals surface area contributed by atoms with E-state index in [-0.39, 0.29) is 5.75 Å². The lowest BCUT2D eigenvalue weighted by Crippen LogP contribution is -2.06. The molecule has 0 radical (unpaired) electrons. The van der Waals surface area contributed by atoms with Crippen LogP contribution in [0.1, 0.15) is 30.7 Å². The van der Waals surface area contributed by atoms with Crippen LogP contribution < -0.4 is 9.47 Å². The zero-order chi connectivity index (χ0) is 22.3.